The van der Waals surface area contributed by atoms with Crippen LogP contribution in [-0.2, 0) is 4.79 Å². The van der Waals surface area contributed by atoms with E-state index in [4.69, 9.17) is 5.11 Å². The van der Waals surface area contributed by atoms with Crippen LogP contribution in [0.5, 0.6) is 0 Å². The molecule has 96 valence electrons. The number of hydrogen-bond acceptors (Lipinski definition) is 2. The number of hydrogen-bond donors (Lipinski definition) is 2. The monoisotopic (exact) mass is 248 g/mol. The molecule has 0 bridgehead atoms. The van der Waals surface area contributed by atoms with Gasteiger partial charge in [-0.2, -0.15) is 0 Å². The molecule has 0 aliphatic carbocycles. The lowest BCUT2D eigenvalue weighted by molar-refractivity contribution is -0.131. The van der Waals surface area contributed by atoms with Gasteiger partial charge in [0.1, 0.15) is 0 Å². The SMILES string of the molecule is Cc1ccc(C=CC(=O)O)cc1NC(=O)N(C)C. The van der Waals surface area contributed by atoms with Crippen molar-refractivity contribution in [3.8, 4) is 0 Å². The molecule has 1 aromatic rings. The molecule has 5 heteroatoms. The van der Waals surface area contributed by atoms with E-state index in [9.17, 15) is 9.59 Å². The first kappa shape index (κ1) is 13.8. The molecule has 0 aliphatic heterocycles. The summed E-state index contributed by atoms with van der Waals surface area (Å²) in [6, 6.07) is 5.13. The largest absolute Gasteiger partial charge is 0.478 e. The smallest absolute Gasteiger partial charge is 0.328 e. The third-order valence-electron chi connectivity index (χ3n) is 2.33. The van der Waals surface area contributed by atoms with Crippen molar-refractivity contribution in [3.63, 3.8) is 0 Å². The van der Waals surface area contributed by atoms with E-state index in [0.29, 0.717) is 5.69 Å². The summed E-state index contributed by atoms with van der Waals surface area (Å²) >= 11 is 0. The number of nitrogens with one attached hydrogen (secondary N) is 1. The maximum atomic E-state index is 11.5. The Balaban J connectivity index is 2.94. The van der Waals surface area contributed by atoms with Gasteiger partial charge in [-0.15, -0.1) is 0 Å². The van der Waals surface area contributed by atoms with Crippen LogP contribution < -0.4 is 5.32 Å². The number of carbonyl (C=O) groups excluding carboxylic acids is 1. The third kappa shape index (κ3) is 3.93. The highest BCUT2D eigenvalue weighted by Gasteiger charge is 2.06. The minimum absolute atomic E-state index is 0.225. The van der Waals surface area contributed by atoms with Gasteiger partial charge in [0, 0.05) is 25.9 Å². The van der Waals surface area contributed by atoms with Gasteiger partial charge in [-0.05, 0) is 30.2 Å². The number of urea groups is 1. The van der Waals surface area contributed by atoms with Gasteiger partial charge in [0.05, 0.1) is 0 Å². The lowest BCUT2D eigenvalue weighted by Crippen LogP contribution is -2.27. The quantitative estimate of drug-likeness (QED) is 0.805. The average molecular weight is 248 g/mol. The summed E-state index contributed by atoms with van der Waals surface area (Å²) in [4.78, 5) is 23.4. The predicted molar refractivity (Wildman–Crippen MR) is 70.6 cm³/mol. The zero-order valence-corrected chi connectivity index (χ0v) is 10.6. The summed E-state index contributed by atoms with van der Waals surface area (Å²) in [6.07, 6.45) is 2.54. The lowest BCUT2D eigenvalue weighted by Gasteiger charge is -2.14. The molecule has 0 atom stereocenters. The van der Waals surface area contributed by atoms with Crippen LogP contribution in [0, 0.1) is 6.92 Å². The van der Waals surface area contributed by atoms with Crippen molar-refractivity contribution < 1.29 is 14.7 Å². The molecule has 0 unspecified atom stereocenters. The van der Waals surface area contributed by atoms with Gasteiger partial charge in [-0.25, -0.2) is 9.59 Å². The Morgan fingerprint density at radius 1 is 1.33 bits per heavy atom. The number of benzene rings is 1. The zero-order valence-electron chi connectivity index (χ0n) is 10.6. The van der Waals surface area contributed by atoms with Crippen molar-refractivity contribution in [2.24, 2.45) is 0 Å². The van der Waals surface area contributed by atoms with Crippen LogP contribution in [0.4, 0.5) is 10.5 Å². The van der Waals surface area contributed by atoms with E-state index in [1.165, 1.54) is 11.0 Å². The van der Waals surface area contributed by atoms with Crippen molar-refractivity contribution in [1.82, 2.24) is 4.90 Å². The van der Waals surface area contributed by atoms with E-state index in [-0.39, 0.29) is 6.03 Å². The highest BCUT2D eigenvalue weighted by Crippen LogP contribution is 2.18. The van der Waals surface area contributed by atoms with Gasteiger partial charge >= 0.3 is 12.0 Å². The summed E-state index contributed by atoms with van der Waals surface area (Å²) in [6.45, 7) is 1.87. The van der Waals surface area contributed by atoms with Gasteiger partial charge in [0.15, 0.2) is 0 Å². The molecule has 0 saturated heterocycles. The average Bonchev–Trinajstić information content (AvgIpc) is 2.29. The Hall–Kier alpha value is -2.30. The van der Waals surface area contributed by atoms with Gasteiger partial charge < -0.3 is 15.3 Å². The Morgan fingerprint density at radius 2 is 2.00 bits per heavy atom. The molecule has 1 aromatic carbocycles. The molecule has 2 amide bonds. The van der Waals surface area contributed by atoms with Gasteiger partial charge in [0.25, 0.3) is 0 Å². The van der Waals surface area contributed by atoms with Crippen molar-refractivity contribution >= 4 is 23.8 Å². The number of amides is 2. The first-order chi connectivity index (χ1) is 8.40. The molecule has 0 fully saturated rings. The normalized spacial score (nSPS) is 10.4. The van der Waals surface area contributed by atoms with Crippen LogP contribution in [0.25, 0.3) is 6.08 Å². The molecule has 5 nitrogen and oxygen atoms in total. The van der Waals surface area contributed by atoms with Crippen molar-refractivity contribution in [2.45, 2.75) is 6.92 Å². The van der Waals surface area contributed by atoms with Crippen LogP contribution in [0.1, 0.15) is 11.1 Å². The Morgan fingerprint density at radius 3 is 2.56 bits per heavy atom. The van der Waals surface area contributed by atoms with Gasteiger partial charge in [-0.3, -0.25) is 0 Å². The summed E-state index contributed by atoms with van der Waals surface area (Å²) in [5.74, 6) is -1.01. The minimum atomic E-state index is -1.01. The molecular formula is C13H16N2O3. The maximum Gasteiger partial charge on any atom is 0.328 e. The molecule has 0 spiro atoms. The molecule has 1 rings (SSSR count). The first-order valence-electron chi connectivity index (χ1n) is 5.40. The van der Waals surface area contributed by atoms with Crippen LogP contribution in [-0.4, -0.2) is 36.1 Å². The fraction of sp³-hybridized carbons (Fsp3) is 0.231. The minimum Gasteiger partial charge on any atom is -0.478 e. The standard InChI is InChI=1S/C13H16N2O3/c1-9-4-5-10(6-7-12(16)17)8-11(9)14-13(18)15(2)3/h4-8H,1-3H3,(H,14,18)(H,16,17). The molecule has 0 saturated carbocycles. The lowest BCUT2D eigenvalue weighted by atomic mass is 10.1. The molecule has 18 heavy (non-hydrogen) atoms. The van der Waals surface area contributed by atoms with Gasteiger partial charge in [0.2, 0.25) is 0 Å². The number of nitrogens with zero attached hydrogens (tertiary/aromatic N) is 1. The number of aliphatic carboxylic acids is 1. The number of anilines is 1. The number of aryl methyl sites for hydroxylation is 1. The zero-order chi connectivity index (χ0) is 13.7. The first-order valence-corrected chi connectivity index (χ1v) is 5.40. The van der Waals surface area contributed by atoms with E-state index in [0.717, 1.165) is 17.2 Å². The fourth-order valence-electron chi connectivity index (χ4n) is 1.27. The van der Waals surface area contributed by atoms with Gasteiger partial charge in [-0.1, -0.05) is 12.1 Å². The molecule has 0 radical (unpaired) electrons. The van der Waals surface area contributed by atoms with Crippen LogP contribution in [0.2, 0.25) is 0 Å². The summed E-state index contributed by atoms with van der Waals surface area (Å²) in [5.41, 5.74) is 2.30. The van der Waals surface area contributed by atoms with Crippen molar-refractivity contribution in [3.05, 3.63) is 35.4 Å². The van der Waals surface area contributed by atoms with E-state index >= 15 is 0 Å². The van der Waals surface area contributed by atoms with E-state index in [1.807, 2.05) is 13.0 Å². The highest BCUT2D eigenvalue weighted by atomic mass is 16.4. The molecule has 0 aliphatic rings. The molecule has 0 aromatic heterocycles. The molecule has 0 heterocycles. The van der Waals surface area contributed by atoms with Crippen LogP contribution >= 0.6 is 0 Å². The summed E-state index contributed by atoms with van der Waals surface area (Å²) in [5, 5.41) is 11.3. The molecule has 2 N–H and O–H groups in total. The predicted octanol–water partition coefficient (Wildman–Crippen LogP) is 2.19. The van der Waals surface area contributed by atoms with Crippen molar-refractivity contribution in [2.75, 3.05) is 19.4 Å². The topological polar surface area (TPSA) is 69.6 Å². The Labute approximate surface area is 106 Å². The number of rotatable bonds is 3. The Kier molecular flexibility index (Phi) is 4.48. The number of carbonyl (C=O) groups is 2. The van der Waals surface area contributed by atoms with E-state index < -0.39 is 5.97 Å². The van der Waals surface area contributed by atoms with E-state index in [2.05, 4.69) is 5.32 Å². The summed E-state index contributed by atoms with van der Waals surface area (Å²) in [7, 11) is 3.30. The highest BCUT2D eigenvalue weighted by molar-refractivity contribution is 5.90. The van der Waals surface area contributed by atoms with Crippen molar-refractivity contribution in [1.29, 1.82) is 0 Å². The number of carboxylic acid groups (broad SMARTS) is 1. The Bertz CT molecular complexity index is 493. The van der Waals surface area contributed by atoms with Crippen LogP contribution in [0.3, 0.4) is 0 Å². The second-order valence-electron chi connectivity index (χ2n) is 4.07. The second kappa shape index (κ2) is 5.86. The number of carboxylic acids is 1. The van der Waals surface area contributed by atoms with Crippen LogP contribution in [0.15, 0.2) is 24.3 Å². The second-order valence-corrected chi connectivity index (χ2v) is 4.07. The third-order valence-corrected chi connectivity index (χ3v) is 2.33. The van der Waals surface area contributed by atoms with E-state index in [1.54, 1.807) is 26.2 Å². The fourth-order valence-corrected chi connectivity index (χ4v) is 1.27. The maximum absolute atomic E-state index is 11.5. The summed E-state index contributed by atoms with van der Waals surface area (Å²) < 4.78 is 0. The molecular weight excluding hydrogens is 232 g/mol.